The number of nitrogens with one attached hydrogen (secondary N) is 2. The molecule has 0 atom stereocenters. The second kappa shape index (κ2) is 9.23. The predicted octanol–water partition coefficient (Wildman–Crippen LogP) is 3.99. The van der Waals surface area contributed by atoms with Gasteiger partial charge >= 0.3 is 0 Å². The van der Waals surface area contributed by atoms with E-state index in [-0.39, 0.29) is 5.41 Å². The first-order chi connectivity index (χ1) is 12.6. The third kappa shape index (κ3) is 5.23. The second-order valence-electron chi connectivity index (χ2n) is 8.53. The highest BCUT2D eigenvalue weighted by molar-refractivity contribution is 7.10. The molecule has 26 heavy (non-hydrogen) atoms. The lowest BCUT2D eigenvalue weighted by atomic mass is 9.91. The number of likely N-dealkylation sites (tertiary alicyclic amines) is 1. The maximum Gasteiger partial charge on any atom is 0.191 e. The van der Waals surface area contributed by atoms with E-state index in [4.69, 9.17) is 0 Å². The highest BCUT2D eigenvalue weighted by Crippen LogP contribution is 2.27. The minimum Gasteiger partial charge on any atom is -0.356 e. The first kappa shape index (κ1) is 19.7. The zero-order valence-electron chi connectivity index (χ0n) is 16.8. The molecule has 0 bridgehead atoms. The summed E-state index contributed by atoms with van der Waals surface area (Å²) in [5.41, 5.74) is 0.121. The number of rotatable bonds is 5. The number of thiophene rings is 1. The quantitative estimate of drug-likeness (QED) is 0.603. The van der Waals surface area contributed by atoms with Crippen molar-refractivity contribution in [1.82, 2.24) is 15.5 Å². The molecule has 1 aromatic rings. The standard InChI is InChI=1S/C21H36N4S/c1-21(2,19-10-7-15-26-19)16-23-20(22-3)24-17-11-13-25(14-12-17)18-8-5-4-6-9-18/h7,10,15,17-18H,4-6,8-9,11-14,16H2,1-3H3,(H2,22,23,24). The number of guanidine groups is 1. The van der Waals surface area contributed by atoms with Gasteiger partial charge in [-0.15, -0.1) is 11.3 Å². The Hall–Kier alpha value is -1.07. The molecule has 0 spiro atoms. The van der Waals surface area contributed by atoms with Gasteiger partial charge in [-0.2, -0.15) is 0 Å². The van der Waals surface area contributed by atoms with Crippen LogP contribution in [0.15, 0.2) is 22.5 Å². The third-order valence-electron chi connectivity index (χ3n) is 6.07. The van der Waals surface area contributed by atoms with E-state index < -0.39 is 0 Å². The minimum atomic E-state index is 0.121. The van der Waals surface area contributed by atoms with Crippen molar-refractivity contribution < 1.29 is 0 Å². The van der Waals surface area contributed by atoms with Gasteiger partial charge in [0.2, 0.25) is 0 Å². The zero-order chi connectivity index (χ0) is 18.4. The van der Waals surface area contributed by atoms with Crippen molar-refractivity contribution in [2.24, 2.45) is 4.99 Å². The summed E-state index contributed by atoms with van der Waals surface area (Å²) < 4.78 is 0. The van der Waals surface area contributed by atoms with Crippen molar-refractivity contribution in [1.29, 1.82) is 0 Å². The fourth-order valence-corrected chi connectivity index (χ4v) is 5.15. The van der Waals surface area contributed by atoms with Crippen molar-refractivity contribution in [3.63, 3.8) is 0 Å². The van der Waals surface area contributed by atoms with Gasteiger partial charge in [0, 0.05) is 49.1 Å². The van der Waals surface area contributed by atoms with Crippen LogP contribution < -0.4 is 10.6 Å². The smallest absolute Gasteiger partial charge is 0.191 e. The predicted molar refractivity (Wildman–Crippen MR) is 113 cm³/mol. The average Bonchev–Trinajstić information content (AvgIpc) is 3.22. The number of hydrogen-bond donors (Lipinski definition) is 2. The Labute approximate surface area is 163 Å². The molecular weight excluding hydrogens is 340 g/mol. The van der Waals surface area contributed by atoms with Gasteiger partial charge < -0.3 is 15.5 Å². The van der Waals surface area contributed by atoms with Gasteiger partial charge in [-0.1, -0.05) is 39.2 Å². The van der Waals surface area contributed by atoms with Crippen LogP contribution in [0.5, 0.6) is 0 Å². The van der Waals surface area contributed by atoms with Gasteiger partial charge in [0.05, 0.1) is 0 Å². The third-order valence-corrected chi connectivity index (χ3v) is 7.31. The largest absolute Gasteiger partial charge is 0.356 e. The summed E-state index contributed by atoms with van der Waals surface area (Å²) in [5, 5.41) is 9.37. The maximum atomic E-state index is 4.46. The number of nitrogens with zero attached hydrogens (tertiary/aromatic N) is 2. The molecule has 1 aliphatic heterocycles. The van der Waals surface area contributed by atoms with Crippen molar-refractivity contribution in [3.05, 3.63) is 22.4 Å². The molecule has 0 aromatic carbocycles. The van der Waals surface area contributed by atoms with Gasteiger partial charge in [-0.3, -0.25) is 4.99 Å². The topological polar surface area (TPSA) is 39.7 Å². The normalized spacial score (nSPS) is 21.7. The van der Waals surface area contributed by atoms with Crippen LogP contribution in [0.25, 0.3) is 0 Å². The van der Waals surface area contributed by atoms with Crippen LogP contribution in [0.2, 0.25) is 0 Å². The number of piperidine rings is 1. The van der Waals surface area contributed by atoms with Gasteiger partial charge in [0.1, 0.15) is 0 Å². The Balaban J connectivity index is 1.43. The molecule has 3 rings (SSSR count). The van der Waals surface area contributed by atoms with Gasteiger partial charge in [-0.05, 0) is 37.1 Å². The Morgan fingerprint density at radius 1 is 1.19 bits per heavy atom. The van der Waals surface area contributed by atoms with Crippen LogP contribution in [0.3, 0.4) is 0 Å². The molecule has 1 saturated carbocycles. The summed E-state index contributed by atoms with van der Waals surface area (Å²) in [4.78, 5) is 8.62. The first-order valence-corrected chi connectivity index (χ1v) is 11.2. The number of aliphatic imine (C=N–C) groups is 1. The Morgan fingerprint density at radius 2 is 1.92 bits per heavy atom. The molecule has 4 nitrogen and oxygen atoms in total. The maximum absolute atomic E-state index is 4.46. The molecule has 2 fully saturated rings. The van der Waals surface area contributed by atoms with E-state index in [1.807, 2.05) is 18.4 Å². The summed E-state index contributed by atoms with van der Waals surface area (Å²) in [6.07, 6.45) is 9.59. The van der Waals surface area contributed by atoms with Crippen LogP contribution in [-0.4, -0.2) is 49.6 Å². The lowest BCUT2D eigenvalue weighted by Gasteiger charge is -2.39. The van der Waals surface area contributed by atoms with Gasteiger partial charge in [0.25, 0.3) is 0 Å². The van der Waals surface area contributed by atoms with Crippen molar-refractivity contribution in [2.45, 2.75) is 76.3 Å². The average molecular weight is 377 g/mol. The number of hydrogen-bond acceptors (Lipinski definition) is 3. The SMILES string of the molecule is CN=C(NCC(C)(C)c1cccs1)NC1CCN(C2CCCCC2)CC1. The van der Waals surface area contributed by atoms with E-state index in [0.717, 1.165) is 18.5 Å². The van der Waals surface area contributed by atoms with E-state index in [9.17, 15) is 0 Å². The fraction of sp³-hybridized carbons (Fsp3) is 0.762. The Kier molecular flexibility index (Phi) is 6.98. The minimum absolute atomic E-state index is 0.121. The van der Waals surface area contributed by atoms with E-state index in [1.54, 1.807) is 0 Å². The van der Waals surface area contributed by atoms with Crippen LogP contribution in [0, 0.1) is 0 Å². The molecule has 5 heteroatoms. The van der Waals surface area contributed by atoms with Gasteiger partial charge in [0.15, 0.2) is 5.96 Å². The lowest BCUT2D eigenvalue weighted by molar-refractivity contribution is 0.119. The van der Waals surface area contributed by atoms with Crippen LogP contribution in [-0.2, 0) is 5.41 Å². The lowest BCUT2D eigenvalue weighted by Crippen LogP contribution is -2.52. The highest BCUT2D eigenvalue weighted by Gasteiger charge is 2.27. The van der Waals surface area contributed by atoms with Crippen LogP contribution in [0.1, 0.15) is 63.7 Å². The van der Waals surface area contributed by atoms with Gasteiger partial charge in [-0.25, -0.2) is 0 Å². The van der Waals surface area contributed by atoms with Crippen molar-refractivity contribution in [3.8, 4) is 0 Å². The Morgan fingerprint density at radius 3 is 2.54 bits per heavy atom. The second-order valence-corrected chi connectivity index (χ2v) is 9.48. The molecule has 146 valence electrons. The summed E-state index contributed by atoms with van der Waals surface area (Å²) in [7, 11) is 1.88. The molecule has 1 aliphatic carbocycles. The molecule has 2 aliphatic rings. The summed E-state index contributed by atoms with van der Waals surface area (Å²) in [6.45, 7) is 7.96. The van der Waals surface area contributed by atoms with Crippen molar-refractivity contribution >= 4 is 17.3 Å². The monoisotopic (exact) mass is 376 g/mol. The summed E-state index contributed by atoms with van der Waals surface area (Å²) in [5.74, 6) is 0.950. The van der Waals surface area contributed by atoms with Crippen LogP contribution in [0.4, 0.5) is 0 Å². The molecule has 0 unspecified atom stereocenters. The summed E-state index contributed by atoms with van der Waals surface area (Å²) >= 11 is 1.83. The molecule has 1 aromatic heterocycles. The summed E-state index contributed by atoms with van der Waals surface area (Å²) in [6, 6.07) is 5.76. The highest BCUT2D eigenvalue weighted by atomic mass is 32.1. The molecule has 2 heterocycles. The van der Waals surface area contributed by atoms with E-state index >= 15 is 0 Å². The van der Waals surface area contributed by atoms with Crippen LogP contribution >= 0.6 is 11.3 Å². The first-order valence-electron chi connectivity index (χ1n) is 10.3. The molecular formula is C21H36N4S. The molecule has 0 amide bonds. The molecule has 1 saturated heterocycles. The van der Waals surface area contributed by atoms with E-state index in [1.165, 1.54) is 62.9 Å². The van der Waals surface area contributed by atoms with Crippen molar-refractivity contribution in [2.75, 3.05) is 26.7 Å². The zero-order valence-corrected chi connectivity index (χ0v) is 17.6. The van der Waals surface area contributed by atoms with E-state index in [0.29, 0.717) is 6.04 Å². The fourth-order valence-electron chi connectivity index (χ4n) is 4.30. The van der Waals surface area contributed by atoms with E-state index in [2.05, 4.69) is 51.9 Å². The molecule has 2 N–H and O–H groups in total. The Bertz CT molecular complexity index is 553. The molecule has 0 radical (unpaired) electrons.